The number of nitrogens with zero attached hydrogens (tertiary/aromatic N) is 4. The number of benzene rings is 2. The third-order valence-corrected chi connectivity index (χ3v) is 8.42. The molecule has 1 aliphatic heterocycles. The third kappa shape index (κ3) is 4.63. The molecule has 0 aliphatic carbocycles. The highest BCUT2D eigenvalue weighted by Gasteiger charge is 2.31. The summed E-state index contributed by atoms with van der Waals surface area (Å²) in [5.41, 5.74) is 1.71. The molecule has 1 fully saturated rings. The molecule has 1 aliphatic rings. The van der Waals surface area contributed by atoms with Gasteiger partial charge in [0.1, 0.15) is 6.54 Å². The summed E-state index contributed by atoms with van der Waals surface area (Å²) in [5, 5.41) is 0.497. The minimum Gasteiger partial charge on any atom is -0.311 e. The number of sulfonamides is 1. The first-order valence-electron chi connectivity index (χ1n) is 11.6. The van der Waals surface area contributed by atoms with Gasteiger partial charge in [0.2, 0.25) is 15.9 Å². The number of aryl methyl sites for hydroxylation is 1. The van der Waals surface area contributed by atoms with E-state index in [1.165, 1.54) is 22.9 Å². The van der Waals surface area contributed by atoms with Gasteiger partial charge in [0.25, 0.3) is 0 Å². The van der Waals surface area contributed by atoms with Crippen molar-refractivity contribution in [2.24, 2.45) is 0 Å². The van der Waals surface area contributed by atoms with Crippen molar-refractivity contribution >= 4 is 32.5 Å². The van der Waals surface area contributed by atoms with Crippen LogP contribution in [0.15, 0.2) is 58.4 Å². The number of aromatic nitrogens is 2. The van der Waals surface area contributed by atoms with Crippen LogP contribution in [0.4, 0.5) is 5.69 Å². The lowest BCUT2D eigenvalue weighted by molar-refractivity contribution is -0.119. The van der Waals surface area contributed by atoms with Crippen LogP contribution in [0.2, 0.25) is 0 Å². The van der Waals surface area contributed by atoms with Crippen LogP contribution >= 0.6 is 0 Å². The summed E-state index contributed by atoms with van der Waals surface area (Å²) < 4.78 is 29.4. The average Bonchev–Trinajstić information content (AvgIpc) is 2.81. The molecule has 0 unspecified atom stereocenters. The molecule has 2 aromatic carbocycles. The summed E-state index contributed by atoms with van der Waals surface area (Å²) in [5.74, 6) is -0.247. The third-order valence-electron chi connectivity index (χ3n) is 6.41. The molecular weight excluding hydrogens is 452 g/mol. The average molecular weight is 483 g/mol. The lowest BCUT2D eigenvalue weighted by Crippen LogP contribution is -2.41. The molecule has 1 aromatic heterocycles. The van der Waals surface area contributed by atoms with Gasteiger partial charge in [-0.05, 0) is 69.5 Å². The molecule has 2 heterocycles. The molecule has 0 radical (unpaired) electrons. The Kier molecular flexibility index (Phi) is 6.86. The number of hydrogen-bond donors (Lipinski definition) is 0. The van der Waals surface area contributed by atoms with Crippen LogP contribution in [0.25, 0.3) is 10.9 Å². The van der Waals surface area contributed by atoms with Crippen LogP contribution in [-0.2, 0) is 21.4 Å². The maximum absolute atomic E-state index is 13.3. The van der Waals surface area contributed by atoms with Crippen LogP contribution < -0.4 is 10.6 Å². The molecule has 0 spiro atoms. The predicted molar refractivity (Wildman–Crippen MR) is 132 cm³/mol. The minimum absolute atomic E-state index is 0.0548. The minimum atomic E-state index is -3.66. The number of carbonyl (C=O) groups is 1. The van der Waals surface area contributed by atoms with E-state index < -0.39 is 15.7 Å². The molecule has 9 heteroatoms. The van der Waals surface area contributed by atoms with Crippen molar-refractivity contribution in [3.8, 4) is 0 Å². The smallest absolute Gasteiger partial charge is 0.311 e. The molecule has 0 bridgehead atoms. The van der Waals surface area contributed by atoms with Crippen molar-refractivity contribution in [1.29, 1.82) is 0 Å². The molecular formula is C25H30N4O4S. The highest BCUT2D eigenvalue weighted by atomic mass is 32.2. The molecule has 4 rings (SSSR count). The van der Waals surface area contributed by atoms with Crippen LogP contribution in [0.3, 0.4) is 0 Å². The molecule has 3 aromatic rings. The second-order valence-corrected chi connectivity index (χ2v) is 10.7. The van der Waals surface area contributed by atoms with Crippen LogP contribution in [0, 0.1) is 6.92 Å². The van der Waals surface area contributed by atoms with E-state index in [-0.39, 0.29) is 23.4 Å². The van der Waals surface area contributed by atoms with Crippen molar-refractivity contribution < 1.29 is 13.2 Å². The Morgan fingerprint density at radius 3 is 2.68 bits per heavy atom. The van der Waals surface area contributed by atoms with Gasteiger partial charge in [-0.15, -0.1) is 0 Å². The van der Waals surface area contributed by atoms with Crippen molar-refractivity contribution in [2.75, 3.05) is 18.0 Å². The van der Waals surface area contributed by atoms with Crippen molar-refractivity contribution in [3.05, 3.63) is 64.7 Å². The fraction of sp³-hybridized carbons (Fsp3) is 0.400. The molecule has 180 valence electrons. The second kappa shape index (κ2) is 9.68. The number of likely N-dealkylation sites (N-methyl/N-ethyl adjacent to an activating group) is 1. The molecule has 1 atom stereocenters. The number of hydrogen-bond acceptors (Lipinski definition) is 5. The molecule has 0 saturated carbocycles. The van der Waals surface area contributed by atoms with E-state index in [1.54, 1.807) is 15.3 Å². The standard InChI is InChI=1S/C25H30N4O4S/c1-4-27(21-10-7-8-18(2)14-21)24(30)17-28-23-12-11-22(15-20(23)16-26-25(28)31)34(32,33)29-13-6-5-9-19(29)3/h7-8,10-12,14-16,19H,4-6,9,13,17H2,1-3H3/t19-/m1/s1. The number of piperidine rings is 1. The van der Waals surface area contributed by atoms with E-state index in [0.29, 0.717) is 24.0 Å². The van der Waals surface area contributed by atoms with Gasteiger partial charge in [-0.3, -0.25) is 9.36 Å². The van der Waals surface area contributed by atoms with Gasteiger partial charge < -0.3 is 4.90 Å². The van der Waals surface area contributed by atoms with E-state index in [2.05, 4.69) is 4.98 Å². The Morgan fingerprint density at radius 1 is 1.18 bits per heavy atom. The Labute approximate surface area is 199 Å². The molecule has 1 amide bonds. The number of anilines is 1. The summed E-state index contributed by atoms with van der Waals surface area (Å²) in [6.07, 6.45) is 4.07. The summed E-state index contributed by atoms with van der Waals surface area (Å²) in [6, 6.07) is 12.2. The van der Waals surface area contributed by atoms with E-state index in [1.807, 2.05) is 45.0 Å². The summed E-state index contributed by atoms with van der Waals surface area (Å²) in [4.78, 5) is 31.5. The first-order chi connectivity index (χ1) is 16.2. The fourth-order valence-electron chi connectivity index (χ4n) is 4.58. The maximum Gasteiger partial charge on any atom is 0.348 e. The van der Waals surface area contributed by atoms with Gasteiger partial charge in [0.05, 0.1) is 10.4 Å². The number of carbonyl (C=O) groups excluding carboxylic acids is 1. The van der Waals surface area contributed by atoms with Crippen molar-refractivity contribution in [1.82, 2.24) is 13.9 Å². The van der Waals surface area contributed by atoms with E-state index in [9.17, 15) is 18.0 Å². The summed E-state index contributed by atoms with van der Waals surface area (Å²) in [7, 11) is -3.66. The van der Waals surface area contributed by atoms with Crippen LogP contribution in [0.1, 0.15) is 38.7 Å². The fourth-order valence-corrected chi connectivity index (χ4v) is 6.31. The Morgan fingerprint density at radius 2 is 1.97 bits per heavy atom. The van der Waals surface area contributed by atoms with Gasteiger partial charge in [0, 0.05) is 36.4 Å². The SMILES string of the molecule is CCN(C(=O)Cn1c(=O)ncc2cc(S(=O)(=O)N3CCCC[C@H]3C)ccc21)c1cccc(C)c1. The van der Waals surface area contributed by atoms with Crippen LogP contribution in [-0.4, -0.2) is 47.3 Å². The number of amides is 1. The summed E-state index contributed by atoms with van der Waals surface area (Å²) >= 11 is 0. The van der Waals surface area contributed by atoms with Crippen molar-refractivity contribution in [2.45, 2.75) is 57.5 Å². The lowest BCUT2D eigenvalue weighted by Gasteiger charge is -2.32. The zero-order valence-corrected chi connectivity index (χ0v) is 20.6. The number of fused-ring (bicyclic) bond motifs is 1. The van der Waals surface area contributed by atoms with E-state index in [0.717, 1.165) is 30.5 Å². The number of rotatable bonds is 6. The van der Waals surface area contributed by atoms with E-state index in [4.69, 9.17) is 0 Å². The Hall–Kier alpha value is -3.04. The first kappa shape index (κ1) is 24.1. The Bertz CT molecular complexity index is 1380. The predicted octanol–water partition coefficient (Wildman–Crippen LogP) is 3.32. The second-order valence-electron chi connectivity index (χ2n) is 8.79. The molecule has 0 N–H and O–H groups in total. The first-order valence-corrected chi connectivity index (χ1v) is 13.0. The van der Waals surface area contributed by atoms with E-state index >= 15 is 0 Å². The topological polar surface area (TPSA) is 92.6 Å². The highest BCUT2D eigenvalue weighted by molar-refractivity contribution is 7.89. The quantitative estimate of drug-likeness (QED) is 0.537. The van der Waals surface area contributed by atoms with Gasteiger partial charge in [-0.25, -0.2) is 18.2 Å². The van der Waals surface area contributed by atoms with Gasteiger partial charge in [-0.2, -0.15) is 4.31 Å². The monoisotopic (exact) mass is 482 g/mol. The van der Waals surface area contributed by atoms with Crippen molar-refractivity contribution in [3.63, 3.8) is 0 Å². The Balaban J connectivity index is 1.68. The maximum atomic E-state index is 13.3. The zero-order valence-electron chi connectivity index (χ0n) is 19.8. The van der Waals surface area contributed by atoms with Gasteiger partial charge >= 0.3 is 5.69 Å². The lowest BCUT2D eigenvalue weighted by atomic mass is 10.1. The normalized spacial score (nSPS) is 17.1. The van der Waals surface area contributed by atoms with Gasteiger partial charge in [-0.1, -0.05) is 18.6 Å². The zero-order chi connectivity index (χ0) is 24.5. The summed E-state index contributed by atoms with van der Waals surface area (Å²) in [6.45, 7) is 6.52. The molecule has 34 heavy (non-hydrogen) atoms. The van der Waals surface area contributed by atoms with Gasteiger partial charge in [0.15, 0.2) is 0 Å². The van der Waals surface area contributed by atoms with Crippen LogP contribution in [0.5, 0.6) is 0 Å². The molecule has 8 nitrogen and oxygen atoms in total. The molecule has 1 saturated heterocycles. The highest BCUT2D eigenvalue weighted by Crippen LogP contribution is 2.27. The largest absolute Gasteiger partial charge is 0.348 e.